The molecular formula is C32H56O2. The van der Waals surface area contributed by atoms with Crippen molar-refractivity contribution in [3.63, 3.8) is 0 Å². The highest BCUT2D eigenvalue weighted by molar-refractivity contribution is 5.89. The summed E-state index contributed by atoms with van der Waals surface area (Å²) in [5.41, 5.74) is 0.664. The van der Waals surface area contributed by atoms with E-state index in [0.717, 1.165) is 6.42 Å². The summed E-state index contributed by atoms with van der Waals surface area (Å²) in [6, 6.07) is 9.40. The van der Waals surface area contributed by atoms with Gasteiger partial charge in [0.05, 0.1) is 12.2 Å². The van der Waals surface area contributed by atoms with E-state index in [0.29, 0.717) is 18.1 Å². The molecule has 34 heavy (non-hydrogen) atoms. The Hall–Kier alpha value is -1.31. The number of ether oxygens (including phenoxy) is 1. The zero-order chi connectivity index (χ0) is 24.5. The summed E-state index contributed by atoms with van der Waals surface area (Å²) >= 11 is 0. The average molecular weight is 473 g/mol. The van der Waals surface area contributed by atoms with Crippen molar-refractivity contribution in [1.29, 1.82) is 0 Å². The summed E-state index contributed by atoms with van der Waals surface area (Å²) in [6.07, 6.45) is 28.6. The smallest absolute Gasteiger partial charge is 0.338 e. The quantitative estimate of drug-likeness (QED) is 0.110. The number of benzene rings is 1. The van der Waals surface area contributed by atoms with Gasteiger partial charge in [-0.3, -0.25) is 0 Å². The van der Waals surface area contributed by atoms with Crippen LogP contribution in [-0.4, -0.2) is 12.6 Å². The Bertz CT molecular complexity index is 553. The zero-order valence-corrected chi connectivity index (χ0v) is 22.8. The van der Waals surface area contributed by atoms with Crippen LogP contribution < -0.4 is 0 Å². The van der Waals surface area contributed by atoms with Gasteiger partial charge in [-0.2, -0.15) is 0 Å². The number of unbranched alkanes of at least 4 members (excludes halogenated alkanes) is 16. The molecule has 1 unspecified atom stereocenters. The summed E-state index contributed by atoms with van der Waals surface area (Å²) in [7, 11) is 0. The highest BCUT2D eigenvalue weighted by Crippen LogP contribution is 2.23. The fourth-order valence-electron chi connectivity index (χ4n) is 4.90. The van der Waals surface area contributed by atoms with Gasteiger partial charge in [-0.1, -0.05) is 160 Å². The van der Waals surface area contributed by atoms with Gasteiger partial charge in [0, 0.05) is 0 Å². The standard InChI is InChI=1S/C32H56O2/c1-3-5-7-9-11-13-14-16-18-21-25-30(24-20-17-15-12-10-8-6-4-2)28-29-34-32(33)31-26-22-19-23-27-31/h19,22-23,26-27,30H,3-18,20-21,24-25,28-29H2,1-2H3. The fourth-order valence-corrected chi connectivity index (χ4v) is 4.90. The summed E-state index contributed by atoms with van der Waals surface area (Å²) in [6.45, 7) is 5.13. The molecule has 1 atom stereocenters. The number of rotatable bonds is 24. The van der Waals surface area contributed by atoms with E-state index in [2.05, 4.69) is 13.8 Å². The molecule has 0 fully saturated rings. The van der Waals surface area contributed by atoms with Crippen molar-refractivity contribution < 1.29 is 9.53 Å². The average Bonchev–Trinajstić information content (AvgIpc) is 2.86. The zero-order valence-electron chi connectivity index (χ0n) is 22.8. The van der Waals surface area contributed by atoms with Crippen LogP contribution in [0.1, 0.15) is 159 Å². The minimum absolute atomic E-state index is 0.176. The van der Waals surface area contributed by atoms with Gasteiger partial charge in [0.2, 0.25) is 0 Å². The molecule has 2 heteroatoms. The van der Waals surface area contributed by atoms with E-state index in [9.17, 15) is 4.79 Å². The van der Waals surface area contributed by atoms with Crippen molar-refractivity contribution in [2.45, 2.75) is 149 Å². The van der Waals surface area contributed by atoms with Crippen molar-refractivity contribution in [1.82, 2.24) is 0 Å². The maximum atomic E-state index is 12.3. The number of hydrogen-bond donors (Lipinski definition) is 0. The van der Waals surface area contributed by atoms with Crippen LogP contribution in [0.3, 0.4) is 0 Å². The fraction of sp³-hybridized carbons (Fsp3) is 0.781. The first-order valence-corrected chi connectivity index (χ1v) is 15.0. The van der Waals surface area contributed by atoms with Crippen LogP contribution in [-0.2, 0) is 4.74 Å². The molecule has 196 valence electrons. The molecule has 2 nitrogen and oxygen atoms in total. The third-order valence-electron chi connectivity index (χ3n) is 7.20. The number of carbonyl (C=O) groups excluding carboxylic acids is 1. The van der Waals surface area contributed by atoms with Crippen molar-refractivity contribution in [3.05, 3.63) is 35.9 Å². The Balaban J connectivity index is 2.21. The summed E-state index contributed by atoms with van der Waals surface area (Å²) in [5.74, 6) is 0.531. The molecular weight excluding hydrogens is 416 g/mol. The van der Waals surface area contributed by atoms with Crippen molar-refractivity contribution >= 4 is 5.97 Å². The van der Waals surface area contributed by atoms with Gasteiger partial charge in [0.15, 0.2) is 0 Å². The van der Waals surface area contributed by atoms with E-state index in [4.69, 9.17) is 4.74 Å². The van der Waals surface area contributed by atoms with Crippen molar-refractivity contribution in [2.24, 2.45) is 5.92 Å². The number of carbonyl (C=O) groups is 1. The van der Waals surface area contributed by atoms with E-state index in [1.54, 1.807) is 0 Å². The highest BCUT2D eigenvalue weighted by atomic mass is 16.5. The second kappa shape index (κ2) is 23.4. The third kappa shape index (κ3) is 18.1. The van der Waals surface area contributed by atoms with Gasteiger partial charge in [0.1, 0.15) is 0 Å². The highest BCUT2D eigenvalue weighted by Gasteiger charge is 2.12. The van der Waals surface area contributed by atoms with Crippen LogP contribution in [0.25, 0.3) is 0 Å². The van der Waals surface area contributed by atoms with E-state index in [1.807, 2.05) is 30.3 Å². The first-order chi connectivity index (χ1) is 16.8. The Labute approximate surface area is 212 Å². The molecule has 1 rings (SSSR count). The van der Waals surface area contributed by atoms with Crippen LogP contribution in [0.5, 0.6) is 0 Å². The molecule has 0 bridgehead atoms. The van der Waals surface area contributed by atoms with E-state index in [-0.39, 0.29) is 5.97 Å². The molecule has 0 saturated heterocycles. The van der Waals surface area contributed by atoms with Crippen molar-refractivity contribution in [3.8, 4) is 0 Å². The molecule has 1 aromatic carbocycles. The Morgan fingerprint density at radius 2 is 1.00 bits per heavy atom. The molecule has 0 N–H and O–H groups in total. The Morgan fingerprint density at radius 3 is 1.44 bits per heavy atom. The molecule has 1 aromatic rings. The maximum Gasteiger partial charge on any atom is 0.338 e. The minimum Gasteiger partial charge on any atom is -0.462 e. The van der Waals surface area contributed by atoms with E-state index < -0.39 is 0 Å². The van der Waals surface area contributed by atoms with Crippen LogP contribution in [0.15, 0.2) is 30.3 Å². The molecule has 0 spiro atoms. The predicted octanol–water partition coefficient (Wildman–Crippen LogP) is 10.7. The van der Waals surface area contributed by atoms with Gasteiger partial charge >= 0.3 is 5.97 Å². The first-order valence-electron chi connectivity index (χ1n) is 15.0. The largest absolute Gasteiger partial charge is 0.462 e. The maximum absolute atomic E-state index is 12.3. The predicted molar refractivity (Wildman–Crippen MR) is 149 cm³/mol. The molecule has 0 aliphatic carbocycles. The van der Waals surface area contributed by atoms with E-state index in [1.165, 1.54) is 128 Å². The monoisotopic (exact) mass is 472 g/mol. The lowest BCUT2D eigenvalue weighted by molar-refractivity contribution is 0.0478. The van der Waals surface area contributed by atoms with Crippen LogP contribution in [0.2, 0.25) is 0 Å². The van der Waals surface area contributed by atoms with Crippen LogP contribution in [0.4, 0.5) is 0 Å². The normalized spacial score (nSPS) is 12.1. The SMILES string of the molecule is CCCCCCCCCCCCC(CCCCCCCCCC)CCOC(=O)c1ccccc1. The molecule has 0 amide bonds. The molecule has 0 aromatic heterocycles. The Kier molecular flexibility index (Phi) is 21.2. The summed E-state index contributed by atoms with van der Waals surface area (Å²) in [4.78, 5) is 12.3. The van der Waals surface area contributed by atoms with Crippen molar-refractivity contribution in [2.75, 3.05) is 6.61 Å². The van der Waals surface area contributed by atoms with Gasteiger partial charge in [-0.15, -0.1) is 0 Å². The molecule has 0 aliphatic rings. The number of esters is 1. The molecule has 0 aliphatic heterocycles. The first kappa shape index (κ1) is 30.7. The second-order valence-electron chi connectivity index (χ2n) is 10.4. The minimum atomic E-state index is -0.176. The summed E-state index contributed by atoms with van der Waals surface area (Å²) in [5, 5.41) is 0. The molecule has 0 heterocycles. The lowest BCUT2D eigenvalue weighted by Crippen LogP contribution is -2.11. The molecule has 0 radical (unpaired) electrons. The topological polar surface area (TPSA) is 26.3 Å². The van der Waals surface area contributed by atoms with Gasteiger partial charge < -0.3 is 4.74 Å². The van der Waals surface area contributed by atoms with Crippen LogP contribution >= 0.6 is 0 Å². The van der Waals surface area contributed by atoms with Gasteiger partial charge in [0.25, 0.3) is 0 Å². The summed E-state index contributed by atoms with van der Waals surface area (Å²) < 4.78 is 5.60. The third-order valence-corrected chi connectivity index (χ3v) is 7.20. The Morgan fingerprint density at radius 1 is 0.588 bits per heavy atom. The van der Waals surface area contributed by atoms with Gasteiger partial charge in [-0.25, -0.2) is 4.79 Å². The van der Waals surface area contributed by atoms with Crippen LogP contribution in [0, 0.1) is 5.92 Å². The second-order valence-corrected chi connectivity index (χ2v) is 10.4. The molecule has 0 saturated carbocycles. The van der Waals surface area contributed by atoms with Gasteiger partial charge in [-0.05, 0) is 24.5 Å². The number of hydrogen-bond acceptors (Lipinski definition) is 2. The van der Waals surface area contributed by atoms with E-state index >= 15 is 0 Å². The lowest BCUT2D eigenvalue weighted by Gasteiger charge is -2.17. The lowest BCUT2D eigenvalue weighted by atomic mass is 9.91.